The highest BCUT2D eigenvalue weighted by Crippen LogP contribution is 2.12. The number of aromatic carboxylic acids is 1. The minimum absolute atomic E-state index is 0.208. The van der Waals surface area contributed by atoms with Crippen LogP contribution in [0.15, 0.2) is 12.3 Å². The van der Waals surface area contributed by atoms with Crippen LogP contribution in [0.1, 0.15) is 41.5 Å². The molecule has 0 fully saturated rings. The molecule has 0 atom stereocenters. The zero-order valence-electron chi connectivity index (χ0n) is 11.4. The lowest BCUT2D eigenvalue weighted by Gasteiger charge is -2.09. The van der Waals surface area contributed by atoms with Crippen molar-refractivity contribution >= 4 is 5.97 Å². The summed E-state index contributed by atoms with van der Waals surface area (Å²) in [5, 5.41) is 13.6. The molecule has 102 valence electrons. The van der Waals surface area contributed by atoms with Crippen LogP contribution in [0.3, 0.4) is 0 Å². The Kier molecular flexibility index (Phi) is 3.69. The van der Waals surface area contributed by atoms with E-state index in [0.29, 0.717) is 12.4 Å². The van der Waals surface area contributed by atoms with Gasteiger partial charge in [0.15, 0.2) is 0 Å². The summed E-state index contributed by atoms with van der Waals surface area (Å²) >= 11 is 0. The average Bonchev–Trinajstić information content (AvgIpc) is 2.94. The molecule has 0 amide bonds. The summed E-state index contributed by atoms with van der Waals surface area (Å²) in [5.74, 6) is -0.266. The fourth-order valence-electron chi connectivity index (χ4n) is 2.09. The monoisotopic (exact) mass is 262 g/mol. The topological polar surface area (TPSA) is 72.9 Å². The molecular weight excluding hydrogens is 244 g/mol. The zero-order chi connectivity index (χ0) is 14.0. The SMILES string of the molecule is CCc1cc(Cn2c(C(=O)O)cnc2C)n(CC)n1. The van der Waals surface area contributed by atoms with Crippen molar-refractivity contribution in [2.45, 2.75) is 40.3 Å². The van der Waals surface area contributed by atoms with E-state index in [1.807, 2.05) is 17.7 Å². The Morgan fingerprint density at radius 2 is 2.16 bits per heavy atom. The lowest BCUT2D eigenvalue weighted by Crippen LogP contribution is -2.14. The molecule has 0 aliphatic rings. The number of carboxylic acid groups (broad SMARTS) is 1. The largest absolute Gasteiger partial charge is 0.477 e. The van der Waals surface area contributed by atoms with Crippen LogP contribution in [-0.2, 0) is 19.5 Å². The Morgan fingerprint density at radius 1 is 1.42 bits per heavy atom. The number of carbonyl (C=O) groups is 1. The van der Waals surface area contributed by atoms with Gasteiger partial charge in [-0.05, 0) is 26.3 Å². The molecule has 0 unspecified atom stereocenters. The van der Waals surface area contributed by atoms with Gasteiger partial charge < -0.3 is 9.67 Å². The van der Waals surface area contributed by atoms with Crippen molar-refractivity contribution in [2.24, 2.45) is 0 Å². The van der Waals surface area contributed by atoms with Gasteiger partial charge in [0, 0.05) is 6.54 Å². The van der Waals surface area contributed by atoms with Crippen LogP contribution in [0.25, 0.3) is 0 Å². The van der Waals surface area contributed by atoms with Crippen LogP contribution >= 0.6 is 0 Å². The molecule has 1 N–H and O–H groups in total. The average molecular weight is 262 g/mol. The normalized spacial score (nSPS) is 10.9. The van der Waals surface area contributed by atoms with Crippen LogP contribution < -0.4 is 0 Å². The summed E-state index contributed by atoms with van der Waals surface area (Å²) in [6.45, 7) is 7.13. The molecule has 19 heavy (non-hydrogen) atoms. The zero-order valence-corrected chi connectivity index (χ0v) is 11.4. The van der Waals surface area contributed by atoms with E-state index in [2.05, 4.69) is 17.0 Å². The quantitative estimate of drug-likeness (QED) is 0.890. The van der Waals surface area contributed by atoms with Crippen LogP contribution in [0.5, 0.6) is 0 Å². The van der Waals surface area contributed by atoms with Crippen LogP contribution in [0, 0.1) is 6.92 Å². The molecule has 0 aromatic carbocycles. The molecule has 0 saturated heterocycles. The third-order valence-electron chi connectivity index (χ3n) is 3.17. The molecule has 0 saturated carbocycles. The summed E-state index contributed by atoms with van der Waals surface area (Å²) in [5.41, 5.74) is 2.23. The van der Waals surface area contributed by atoms with Gasteiger partial charge in [-0.15, -0.1) is 0 Å². The minimum atomic E-state index is -0.959. The summed E-state index contributed by atoms with van der Waals surface area (Å²) < 4.78 is 3.61. The molecule has 2 aromatic rings. The van der Waals surface area contributed by atoms with Crippen molar-refractivity contribution in [3.05, 3.63) is 35.2 Å². The van der Waals surface area contributed by atoms with Gasteiger partial charge in [0.2, 0.25) is 0 Å². The molecule has 0 aliphatic heterocycles. The first-order valence-corrected chi connectivity index (χ1v) is 6.37. The number of hydrogen-bond acceptors (Lipinski definition) is 3. The third-order valence-corrected chi connectivity index (χ3v) is 3.17. The Hall–Kier alpha value is -2.11. The second kappa shape index (κ2) is 5.26. The van der Waals surface area contributed by atoms with E-state index >= 15 is 0 Å². The van der Waals surface area contributed by atoms with Gasteiger partial charge in [-0.25, -0.2) is 9.78 Å². The number of aryl methyl sites for hydroxylation is 3. The van der Waals surface area contributed by atoms with Crippen molar-refractivity contribution in [3.8, 4) is 0 Å². The molecular formula is C13H18N4O2. The Balaban J connectivity index is 2.38. The molecule has 0 bridgehead atoms. The summed E-state index contributed by atoms with van der Waals surface area (Å²) in [7, 11) is 0. The maximum Gasteiger partial charge on any atom is 0.354 e. The van der Waals surface area contributed by atoms with Crippen molar-refractivity contribution in [1.82, 2.24) is 19.3 Å². The molecule has 0 aliphatic carbocycles. The highest BCUT2D eigenvalue weighted by atomic mass is 16.4. The van der Waals surface area contributed by atoms with E-state index in [-0.39, 0.29) is 5.69 Å². The second-order valence-electron chi connectivity index (χ2n) is 4.38. The lowest BCUT2D eigenvalue weighted by atomic mass is 10.3. The predicted molar refractivity (Wildman–Crippen MR) is 70.3 cm³/mol. The van der Waals surface area contributed by atoms with Crippen molar-refractivity contribution < 1.29 is 9.90 Å². The standard InChI is InChI=1S/C13H18N4O2/c1-4-10-6-11(17(5-2)15-10)8-16-9(3)14-7-12(16)13(18)19/h6-7H,4-5,8H2,1-3H3,(H,18,19). The van der Waals surface area contributed by atoms with Crippen LogP contribution in [-0.4, -0.2) is 30.4 Å². The molecule has 0 spiro atoms. The number of rotatable bonds is 5. The maximum absolute atomic E-state index is 11.2. The molecule has 2 rings (SSSR count). The van der Waals surface area contributed by atoms with Crippen molar-refractivity contribution in [1.29, 1.82) is 0 Å². The number of carboxylic acids is 1. The summed E-state index contributed by atoms with van der Waals surface area (Å²) in [6, 6.07) is 2.02. The number of aromatic nitrogens is 4. The smallest absolute Gasteiger partial charge is 0.354 e. The first kappa shape index (κ1) is 13.3. The van der Waals surface area contributed by atoms with E-state index in [4.69, 9.17) is 5.11 Å². The van der Waals surface area contributed by atoms with Gasteiger partial charge in [0.25, 0.3) is 0 Å². The van der Waals surface area contributed by atoms with E-state index in [1.165, 1.54) is 6.20 Å². The van der Waals surface area contributed by atoms with Crippen molar-refractivity contribution in [2.75, 3.05) is 0 Å². The van der Waals surface area contributed by atoms with E-state index in [9.17, 15) is 4.79 Å². The molecule has 0 radical (unpaired) electrons. The first-order chi connectivity index (χ1) is 9.06. The molecule has 2 heterocycles. The van der Waals surface area contributed by atoms with Crippen LogP contribution in [0.2, 0.25) is 0 Å². The third kappa shape index (κ3) is 2.52. The van der Waals surface area contributed by atoms with Gasteiger partial charge in [-0.2, -0.15) is 5.10 Å². The fraction of sp³-hybridized carbons (Fsp3) is 0.462. The summed E-state index contributed by atoms with van der Waals surface area (Å²) in [4.78, 5) is 15.2. The number of imidazole rings is 1. The molecule has 6 heteroatoms. The van der Waals surface area contributed by atoms with E-state index in [1.54, 1.807) is 11.5 Å². The highest BCUT2D eigenvalue weighted by molar-refractivity contribution is 5.85. The Bertz CT molecular complexity index is 598. The second-order valence-corrected chi connectivity index (χ2v) is 4.38. The minimum Gasteiger partial charge on any atom is -0.477 e. The lowest BCUT2D eigenvalue weighted by molar-refractivity contribution is 0.0685. The molecule has 6 nitrogen and oxygen atoms in total. The highest BCUT2D eigenvalue weighted by Gasteiger charge is 2.15. The van der Waals surface area contributed by atoms with Crippen molar-refractivity contribution in [3.63, 3.8) is 0 Å². The number of nitrogens with zero attached hydrogens (tertiary/aromatic N) is 4. The number of hydrogen-bond donors (Lipinski definition) is 1. The van der Waals surface area contributed by atoms with Gasteiger partial charge >= 0.3 is 5.97 Å². The van der Waals surface area contributed by atoms with Gasteiger partial charge in [0.05, 0.1) is 24.1 Å². The Labute approximate surface area is 111 Å². The predicted octanol–water partition coefficient (Wildman–Crippen LogP) is 1.72. The first-order valence-electron chi connectivity index (χ1n) is 6.37. The summed E-state index contributed by atoms with van der Waals surface area (Å²) in [6.07, 6.45) is 2.26. The van der Waals surface area contributed by atoms with Crippen LogP contribution in [0.4, 0.5) is 0 Å². The van der Waals surface area contributed by atoms with Gasteiger partial charge in [-0.1, -0.05) is 6.92 Å². The molecule has 2 aromatic heterocycles. The fourth-order valence-corrected chi connectivity index (χ4v) is 2.09. The van der Waals surface area contributed by atoms with Gasteiger partial charge in [-0.3, -0.25) is 4.68 Å². The Morgan fingerprint density at radius 3 is 2.74 bits per heavy atom. The van der Waals surface area contributed by atoms with Gasteiger partial charge in [0.1, 0.15) is 11.5 Å². The van der Waals surface area contributed by atoms with E-state index in [0.717, 1.165) is 24.4 Å². The maximum atomic E-state index is 11.2. The van der Waals surface area contributed by atoms with E-state index < -0.39 is 5.97 Å².